The number of rotatable bonds is 10. The van der Waals surface area contributed by atoms with Crippen LogP contribution in [-0.4, -0.2) is 53.5 Å². The van der Waals surface area contributed by atoms with Gasteiger partial charge in [0.25, 0.3) is 0 Å². The number of alkyl carbamates (subject to hydrolysis) is 1. The van der Waals surface area contributed by atoms with Crippen LogP contribution < -0.4 is 10.6 Å². The van der Waals surface area contributed by atoms with Crippen molar-refractivity contribution in [2.24, 2.45) is 5.92 Å². The molecule has 8 nitrogen and oxygen atoms in total. The Morgan fingerprint density at radius 3 is 2.18 bits per heavy atom. The molecular weight excluding hydrogens is 436 g/mol. The van der Waals surface area contributed by atoms with Crippen LogP contribution in [0.2, 0.25) is 0 Å². The summed E-state index contributed by atoms with van der Waals surface area (Å²) in [5, 5.41) is 23.5. The average Bonchev–Trinajstić information content (AvgIpc) is 3.10. The molecular formula is C26H30N2O6. The molecule has 8 heteroatoms. The van der Waals surface area contributed by atoms with Gasteiger partial charge >= 0.3 is 12.1 Å². The van der Waals surface area contributed by atoms with E-state index in [1.54, 1.807) is 0 Å². The molecule has 2 amide bonds. The molecule has 2 aliphatic rings. The second kappa shape index (κ2) is 10.7. The van der Waals surface area contributed by atoms with Gasteiger partial charge in [0.05, 0.1) is 0 Å². The largest absolute Gasteiger partial charge is 0.479 e. The molecule has 180 valence electrons. The van der Waals surface area contributed by atoms with Crippen molar-refractivity contribution in [3.63, 3.8) is 0 Å². The van der Waals surface area contributed by atoms with E-state index in [1.165, 1.54) is 0 Å². The SMILES string of the molecule is O=C(CC(NC(=O)OCC1c2ccccc2-c2ccccc21)C1CCC1)NCC[C@H](O)C(=O)O. The first-order valence-electron chi connectivity index (χ1n) is 11.7. The van der Waals surface area contributed by atoms with E-state index in [0.29, 0.717) is 0 Å². The minimum absolute atomic E-state index is 0.0377. The van der Waals surface area contributed by atoms with Crippen molar-refractivity contribution < 1.29 is 29.3 Å². The third-order valence-corrected chi connectivity index (χ3v) is 6.80. The van der Waals surface area contributed by atoms with E-state index in [2.05, 4.69) is 34.9 Å². The zero-order valence-electron chi connectivity index (χ0n) is 18.9. The highest BCUT2D eigenvalue weighted by atomic mass is 16.5. The number of ether oxygens (including phenoxy) is 1. The highest BCUT2D eigenvalue weighted by Gasteiger charge is 2.32. The molecule has 1 saturated carbocycles. The van der Waals surface area contributed by atoms with Crippen LogP contribution in [-0.2, 0) is 14.3 Å². The molecule has 0 aromatic heterocycles. The highest BCUT2D eigenvalue weighted by Crippen LogP contribution is 2.44. The van der Waals surface area contributed by atoms with Crippen molar-refractivity contribution in [1.82, 2.24) is 10.6 Å². The molecule has 2 aromatic carbocycles. The van der Waals surface area contributed by atoms with E-state index in [0.717, 1.165) is 41.5 Å². The summed E-state index contributed by atoms with van der Waals surface area (Å²) in [6.45, 7) is 0.255. The number of carboxylic acid groups (broad SMARTS) is 1. The second-order valence-corrected chi connectivity index (χ2v) is 8.96. The summed E-state index contributed by atoms with van der Waals surface area (Å²) < 4.78 is 5.63. The Morgan fingerprint density at radius 2 is 1.62 bits per heavy atom. The molecule has 4 N–H and O–H groups in total. The van der Waals surface area contributed by atoms with E-state index in [1.807, 2.05) is 24.3 Å². The summed E-state index contributed by atoms with van der Waals surface area (Å²) in [6.07, 6.45) is 0.862. The van der Waals surface area contributed by atoms with E-state index in [4.69, 9.17) is 9.84 Å². The average molecular weight is 467 g/mol. The van der Waals surface area contributed by atoms with Gasteiger partial charge in [0.1, 0.15) is 6.61 Å². The number of hydrogen-bond acceptors (Lipinski definition) is 5. The van der Waals surface area contributed by atoms with Gasteiger partial charge in [-0.3, -0.25) is 4.79 Å². The van der Waals surface area contributed by atoms with Gasteiger partial charge < -0.3 is 25.6 Å². The van der Waals surface area contributed by atoms with Crippen LogP contribution in [0.15, 0.2) is 48.5 Å². The number of aliphatic carboxylic acids is 1. The first kappa shape index (κ1) is 23.8. The van der Waals surface area contributed by atoms with Crippen LogP contribution in [0.25, 0.3) is 11.1 Å². The van der Waals surface area contributed by atoms with Gasteiger partial charge in [-0.2, -0.15) is 0 Å². The number of hydrogen-bond donors (Lipinski definition) is 4. The van der Waals surface area contributed by atoms with Gasteiger partial charge in [-0.1, -0.05) is 55.0 Å². The van der Waals surface area contributed by atoms with Crippen molar-refractivity contribution in [1.29, 1.82) is 0 Å². The first-order valence-corrected chi connectivity index (χ1v) is 11.7. The zero-order chi connectivity index (χ0) is 24.1. The molecule has 0 radical (unpaired) electrons. The molecule has 0 aliphatic heterocycles. The Balaban J connectivity index is 1.32. The third-order valence-electron chi connectivity index (χ3n) is 6.80. The molecule has 1 fully saturated rings. The Labute approximate surface area is 198 Å². The van der Waals surface area contributed by atoms with Crippen LogP contribution >= 0.6 is 0 Å². The van der Waals surface area contributed by atoms with Crippen LogP contribution in [0.5, 0.6) is 0 Å². The fourth-order valence-corrected chi connectivity index (χ4v) is 4.71. The fourth-order valence-electron chi connectivity index (χ4n) is 4.71. The quantitative estimate of drug-likeness (QED) is 0.427. The summed E-state index contributed by atoms with van der Waals surface area (Å²) in [4.78, 5) is 35.7. The van der Waals surface area contributed by atoms with Gasteiger partial charge in [-0.25, -0.2) is 9.59 Å². The predicted octanol–water partition coefficient (Wildman–Crippen LogP) is 3.04. The van der Waals surface area contributed by atoms with Crippen molar-refractivity contribution >= 4 is 18.0 Å². The number of aliphatic hydroxyl groups is 1. The maximum Gasteiger partial charge on any atom is 0.407 e. The minimum Gasteiger partial charge on any atom is -0.479 e. The lowest BCUT2D eigenvalue weighted by atomic mass is 9.78. The number of carbonyl (C=O) groups is 3. The molecule has 2 aliphatic carbocycles. The Kier molecular flexibility index (Phi) is 7.47. The number of benzene rings is 2. The molecule has 0 saturated heterocycles. The lowest BCUT2D eigenvalue weighted by Gasteiger charge is -2.33. The predicted molar refractivity (Wildman–Crippen MR) is 125 cm³/mol. The van der Waals surface area contributed by atoms with E-state index >= 15 is 0 Å². The lowest BCUT2D eigenvalue weighted by Crippen LogP contribution is -2.46. The number of carboxylic acids is 1. The van der Waals surface area contributed by atoms with Gasteiger partial charge in [0.2, 0.25) is 5.91 Å². The van der Waals surface area contributed by atoms with Crippen molar-refractivity contribution in [2.45, 2.75) is 50.2 Å². The molecule has 0 spiro atoms. The van der Waals surface area contributed by atoms with E-state index in [9.17, 15) is 19.5 Å². The van der Waals surface area contributed by atoms with Gasteiger partial charge in [-0.15, -0.1) is 0 Å². The number of carbonyl (C=O) groups excluding carboxylic acids is 2. The van der Waals surface area contributed by atoms with Crippen molar-refractivity contribution in [3.8, 4) is 11.1 Å². The molecule has 1 unspecified atom stereocenters. The van der Waals surface area contributed by atoms with E-state index in [-0.39, 0.29) is 49.8 Å². The van der Waals surface area contributed by atoms with Gasteiger partial charge in [0.15, 0.2) is 6.10 Å². The standard InChI is InChI=1S/C26H30N2O6/c29-23(25(31)32)12-13-27-24(30)14-22(16-6-5-7-16)28-26(33)34-15-21-19-10-3-1-8-17(19)18-9-2-4-11-20(18)21/h1-4,8-11,16,21-23,29H,5-7,12-15H2,(H,27,30)(H,28,33)(H,31,32)/t22?,23-/m0/s1. The summed E-state index contributed by atoms with van der Waals surface area (Å²) >= 11 is 0. The summed E-state index contributed by atoms with van der Waals surface area (Å²) in [5.74, 6) is -1.45. The monoisotopic (exact) mass is 466 g/mol. The molecule has 34 heavy (non-hydrogen) atoms. The Hall–Kier alpha value is -3.39. The summed E-state index contributed by atoms with van der Waals surface area (Å²) in [5.41, 5.74) is 4.58. The molecule has 2 atom stereocenters. The summed E-state index contributed by atoms with van der Waals surface area (Å²) in [7, 11) is 0. The van der Waals surface area contributed by atoms with E-state index < -0.39 is 18.2 Å². The van der Waals surface area contributed by atoms with Gasteiger partial charge in [0, 0.05) is 31.3 Å². The smallest absolute Gasteiger partial charge is 0.407 e. The second-order valence-electron chi connectivity index (χ2n) is 8.96. The van der Waals surface area contributed by atoms with Crippen LogP contribution in [0.3, 0.4) is 0 Å². The summed E-state index contributed by atoms with van der Waals surface area (Å²) in [6, 6.07) is 15.9. The molecule has 4 rings (SSSR count). The fraction of sp³-hybridized carbons (Fsp3) is 0.423. The molecule has 2 aromatic rings. The maximum atomic E-state index is 12.7. The van der Waals surface area contributed by atoms with Crippen LogP contribution in [0.4, 0.5) is 4.79 Å². The first-order chi connectivity index (χ1) is 16.4. The lowest BCUT2D eigenvalue weighted by molar-refractivity contribution is -0.147. The number of amides is 2. The number of aliphatic hydroxyl groups excluding tert-OH is 1. The van der Waals surface area contributed by atoms with Gasteiger partial charge in [-0.05, 0) is 41.0 Å². The maximum absolute atomic E-state index is 12.7. The zero-order valence-corrected chi connectivity index (χ0v) is 18.9. The minimum atomic E-state index is -1.51. The van der Waals surface area contributed by atoms with Crippen molar-refractivity contribution in [3.05, 3.63) is 59.7 Å². The Morgan fingerprint density at radius 1 is 1.00 bits per heavy atom. The third kappa shape index (κ3) is 5.39. The van der Waals surface area contributed by atoms with Crippen LogP contribution in [0, 0.1) is 5.92 Å². The number of fused-ring (bicyclic) bond motifs is 3. The highest BCUT2D eigenvalue weighted by molar-refractivity contribution is 5.80. The topological polar surface area (TPSA) is 125 Å². The van der Waals surface area contributed by atoms with Crippen molar-refractivity contribution in [2.75, 3.05) is 13.2 Å². The molecule has 0 bridgehead atoms. The van der Waals surface area contributed by atoms with Crippen LogP contribution in [0.1, 0.15) is 49.1 Å². The Bertz CT molecular complexity index is 1010. The normalized spacial score (nSPS) is 16.5. The molecule has 0 heterocycles. The number of nitrogens with one attached hydrogen (secondary N) is 2.